The highest BCUT2D eigenvalue weighted by molar-refractivity contribution is 5.95. The van der Waals surface area contributed by atoms with Crippen molar-refractivity contribution >= 4 is 5.91 Å². The van der Waals surface area contributed by atoms with Crippen molar-refractivity contribution in [2.24, 2.45) is 13.0 Å². The number of hydrogen-bond donors (Lipinski definition) is 0. The lowest BCUT2D eigenvalue weighted by Gasteiger charge is -2.33. The molecule has 138 valence electrons. The van der Waals surface area contributed by atoms with Gasteiger partial charge in [-0.3, -0.25) is 9.59 Å². The molecule has 0 N–H and O–H groups in total. The van der Waals surface area contributed by atoms with E-state index in [1.807, 2.05) is 30.9 Å². The topological polar surface area (TPSA) is 42.3 Å². The van der Waals surface area contributed by atoms with Crippen LogP contribution in [-0.2, 0) is 13.5 Å². The SMILES string of the molecule is Cc1cc(C)n(C)c(=O)c1C(=O)N1CCCC(CCc2ccccc2)C1. The van der Waals surface area contributed by atoms with Crippen molar-refractivity contribution in [2.45, 2.75) is 39.5 Å². The van der Waals surface area contributed by atoms with Gasteiger partial charge in [-0.2, -0.15) is 0 Å². The van der Waals surface area contributed by atoms with Gasteiger partial charge in [-0.05, 0) is 62.6 Å². The third-order valence-corrected chi connectivity index (χ3v) is 5.57. The summed E-state index contributed by atoms with van der Waals surface area (Å²) < 4.78 is 1.57. The Morgan fingerprint density at radius 2 is 1.92 bits per heavy atom. The fraction of sp³-hybridized carbons (Fsp3) is 0.455. The minimum absolute atomic E-state index is 0.104. The molecule has 1 aromatic carbocycles. The molecule has 3 rings (SSSR count). The van der Waals surface area contributed by atoms with Gasteiger partial charge in [0.05, 0.1) is 0 Å². The van der Waals surface area contributed by atoms with Crippen LogP contribution in [0, 0.1) is 19.8 Å². The summed E-state index contributed by atoms with van der Waals surface area (Å²) in [5.41, 5.74) is 3.16. The number of carbonyl (C=O) groups excluding carboxylic acids is 1. The summed E-state index contributed by atoms with van der Waals surface area (Å²) in [6.45, 7) is 5.25. The molecule has 0 radical (unpaired) electrons. The van der Waals surface area contributed by atoms with Gasteiger partial charge in [0, 0.05) is 25.8 Å². The summed E-state index contributed by atoms with van der Waals surface area (Å²) >= 11 is 0. The lowest BCUT2D eigenvalue weighted by molar-refractivity contribution is 0.0665. The standard InChI is InChI=1S/C22H28N2O2/c1-16-14-17(2)23(3)21(25)20(16)22(26)24-13-7-10-19(15-24)12-11-18-8-5-4-6-9-18/h4-6,8-9,14,19H,7,10-13,15H2,1-3H3. The number of aromatic nitrogens is 1. The second-order valence-electron chi connectivity index (χ2n) is 7.49. The Labute approximate surface area is 155 Å². The number of pyridine rings is 1. The van der Waals surface area contributed by atoms with Crippen LogP contribution in [-0.4, -0.2) is 28.5 Å². The summed E-state index contributed by atoms with van der Waals surface area (Å²) in [5, 5.41) is 0. The number of amides is 1. The quantitative estimate of drug-likeness (QED) is 0.845. The van der Waals surface area contributed by atoms with E-state index < -0.39 is 0 Å². The zero-order chi connectivity index (χ0) is 18.7. The van der Waals surface area contributed by atoms with Crippen LogP contribution < -0.4 is 5.56 Å². The highest BCUT2D eigenvalue weighted by Crippen LogP contribution is 2.23. The average molecular weight is 352 g/mol. The Morgan fingerprint density at radius 1 is 1.19 bits per heavy atom. The fourth-order valence-corrected chi connectivity index (χ4v) is 3.90. The van der Waals surface area contributed by atoms with Crippen molar-refractivity contribution in [1.82, 2.24) is 9.47 Å². The third kappa shape index (κ3) is 3.90. The van der Waals surface area contributed by atoms with E-state index in [0.29, 0.717) is 11.5 Å². The van der Waals surface area contributed by atoms with Gasteiger partial charge < -0.3 is 9.47 Å². The van der Waals surface area contributed by atoms with Gasteiger partial charge in [0.2, 0.25) is 0 Å². The molecule has 0 bridgehead atoms. The van der Waals surface area contributed by atoms with Gasteiger partial charge in [0.1, 0.15) is 5.56 Å². The van der Waals surface area contributed by atoms with Crippen molar-refractivity contribution in [3.8, 4) is 0 Å². The Morgan fingerprint density at radius 3 is 2.65 bits per heavy atom. The second-order valence-corrected chi connectivity index (χ2v) is 7.49. The zero-order valence-corrected chi connectivity index (χ0v) is 16.0. The molecule has 2 aromatic rings. The molecular weight excluding hydrogens is 324 g/mol. The maximum atomic E-state index is 13.0. The molecule has 1 aliphatic rings. The summed E-state index contributed by atoms with van der Waals surface area (Å²) in [6.07, 6.45) is 4.29. The lowest BCUT2D eigenvalue weighted by Crippen LogP contribution is -2.43. The first-order chi connectivity index (χ1) is 12.5. The molecule has 0 saturated carbocycles. The molecule has 1 atom stereocenters. The molecule has 1 amide bonds. The van der Waals surface area contributed by atoms with Gasteiger partial charge in [-0.15, -0.1) is 0 Å². The van der Waals surface area contributed by atoms with Crippen LogP contribution in [0.15, 0.2) is 41.2 Å². The Hall–Kier alpha value is -2.36. The number of piperidine rings is 1. The summed E-state index contributed by atoms with van der Waals surface area (Å²) in [4.78, 5) is 27.5. The highest BCUT2D eigenvalue weighted by Gasteiger charge is 2.27. The van der Waals surface area contributed by atoms with E-state index in [0.717, 1.165) is 50.0 Å². The summed E-state index contributed by atoms with van der Waals surface area (Å²) in [5.74, 6) is 0.398. The van der Waals surface area contributed by atoms with E-state index >= 15 is 0 Å². The molecule has 26 heavy (non-hydrogen) atoms. The van der Waals surface area contributed by atoms with Gasteiger partial charge >= 0.3 is 0 Å². The van der Waals surface area contributed by atoms with Gasteiger partial charge in [0.25, 0.3) is 11.5 Å². The molecule has 1 saturated heterocycles. The summed E-state index contributed by atoms with van der Waals surface area (Å²) in [6, 6.07) is 12.4. The smallest absolute Gasteiger partial charge is 0.263 e. The van der Waals surface area contributed by atoms with E-state index in [1.54, 1.807) is 11.6 Å². The maximum Gasteiger partial charge on any atom is 0.263 e. The third-order valence-electron chi connectivity index (χ3n) is 5.57. The summed E-state index contributed by atoms with van der Waals surface area (Å²) in [7, 11) is 1.73. The van der Waals surface area contributed by atoms with Crippen LogP contribution in [0.1, 0.15) is 46.4 Å². The van der Waals surface area contributed by atoms with Crippen molar-refractivity contribution in [3.05, 3.63) is 69.1 Å². The second kappa shape index (κ2) is 7.90. The highest BCUT2D eigenvalue weighted by atomic mass is 16.2. The normalized spacial score (nSPS) is 17.3. The number of nitrogens with zero attached hydrogens (tertiary/aromatic N) is 2. The van der Waals surface area contributed by atoms with Crippen molar-refractivity contribution in [1.29, 1.82) is 0 Å². The Kier molecular flexibility index (Phi) is 5.60. The molecule has 1 fully saturated rings. The Bertz CT molecular complexity index is 839. The van der Waals surface area contributed by atoms with Crippen molar-refractivity contribution in [2.75, 3.05) is 13.1 Å². The minimum Gasteiger partial charge on any atom is -0.338 e. The Balaban J connectivity index is 1.71. The van der Waals surface area contributed by atoms with Gasteiger partial charge in [-0.25, -0.2) is 0 Å². The minimum atomic E-state index is -0.182. The molecule has 1 unspecified atom stereocenters. The molecule has 4 heteroatoms. The van der Waals surface area contributed by atoms with Crippen LogP contribution in [0.3, 0.4) is 0 Å². The largest absolute Gasteiger partial charge is 0.338 e. The van der Waals surface area contributed by atoms with E-state index in [9.17, 15) is 9.59 Å². The van der Waals surface area contributed by atoms with Crippen LogP contribution in [0.4, 0.5) is 0 Å². The monoisotopic (exact) mass is 352 g/mol. The van der Waals surface area contributed by atoms with E-state index in [2.05, 4.69) is 24.3 Å². The first-order valence-electron chi connectivity index (χ1n) is 9.48. The van der Waals surface area contributed by atoms with Crippen LogP contribution in [0.25, 0.3) is 0 Å². The number of carbonyl (C=O) groups is 1. The lowest BCUT2D eigenvalue weighted by atomic mass is 9.91. The average Bonchev–Trinajstić information content (AvgIpc) is 2.65. The van der Waals surface area contributed by atoms with E-state index in [4.69, 9.17) is 0 Å². The number of likely N-dealkylation sites (tertiary alicyclic amines) is 1. The zero-order valence-electron chi connectivity index (χ0n) is 16.0. The number of hydrogen-bond acceptors (Lipinski definition) is 2. The van der Waals surface area contributed by atoms with Crippen LogP contribution in [0.2, 0.25) is 0 Å². The molecule has 1 aliphatic heterocycles. The number of aryl methyl sites for hydroxylation is 3. The first-order valence-corrected chi connectivity index (χ1v) is 9.48. The molecular formula is C22H28N2O2. The van der Waals surface area contributed by atoms with Crippen LogP contribution in [0.5, 0.6) is 0 Å². The molecule has 0 spiro atoms. The van der Waals surface area contributed by atoms with Crippen molar-refractivity contribution < 1.29 is 4.79 Å². The first kappa shape index (κ1) is 18.4. The fourth-order valence-electron chi connectivity index (χ4n) is 3.90. The molecule has 0 aliphatic carbocycles. The predicted molar refractivity (Wildman–Crippen MR) is 105 cm³/mol. The van der Waals surface area contributed by atoms with Gasteiger partial charge in [0.15, 0.2) is 0 Å². The molecule has 1 aromatic heterocycles. The van der Waals surface area contributed by atoms with E-state index in [1.165, 1.54) is 5.56 Å². The number of benzene rings is 1. The van der Waals surface area contributed by atoms with Gasteiger partial charge in [-0.1, -0.05) is 30.3 Å². The predicted octanol–water partition coefficient (Wildman–Crippen LogP) is 3.49. The molecule has 2 heterocycles. The van der Waals surface area contributed by atoms with Crippen molar-refractivity contribution in [3.63, 3.8) is 0 Å². The van der Waals surface area contributed by atoms with E-state index in [-0.39, 0.29) is 11.5 Å². The van der Waals surface area contributed by atoms with Crippen LogP contribution >= 0.6 is 0 Å². The maximum absolute atomic E-state index is 13.0. The number of rotatable bonds is 4. The molecule has 4 nitrogen and oxygen atoms in total.